The van der Waals surface area contributed by atoms with E-state index in [1.165, 1.54) is 0 Å². The average molecular weight is 192 g/mol. The third kappa shape index (κ3) is 2.05. The number of ether oxygens (including phenoxy) is 1. The van der Waals surface area contributed by atoms with E-state index in [9.17, 15) is 9.90 Å². The van der Waals surface area contributed by atoms with Crippen molar-refractivity contribution in [2.45, 2.75) is 25.4 Å². The lowest BCUT2D eigenvalue weighted by Gasteiger charge is -2.08. The van der Waals surface area contributed by atoms with Crippen LogP contribution in [-0.2, 0) is 16.0 Å². The van der Waals surface area contributed by atoms with Gasteiger partial charge in [-0.1, -0.05) is 12.1 Å². The molecular formula is C11H12O3. The summed E-state index contributed by atoms with van der Waals surface area (Å²) in [5, 5.41) is 9.23. The average Bonchev–Trinajstić information content (AvgIpc) is 2.51. The van der Waals surface area contributed by atoms with Crippen LogP contribution in [0.15, 0.2) is 24.3 Å². The fourth-order valence-corrected chi connectivity index (χ4v) is 1.67. The molecule has 1 aromatic rings. The summed E-state index contributed by atoms with van der Waals surface area (Å²) in [6.45, 7) is 0. The van der Waals surface area contributed by atoms with Crippen molar-refractivity contribution in [3.63, 3.8) is 0 Å². The van der Waals surface area contributed by atoms with E-state index in [-0.39, 0.29) is 17.8 Å². The Kier molecular flexibility index (Phi) is 2.39. The van der Waals surface area contributed by atoms with E-state index in [1.54, 1.807) is 18.2 Å². The van der Waals surface area contributed by atoms with Gasteiger partial charge in [0, 0.05) is 12.8 Å². The van der Waals surface area contributed by atoms with Gasteiger partial charge in [-0.3, -0.25) is 4.79 Å². The van der Waals surface area contributed by atoms with Crippen LogP contribution in [0.3, 0.4) is 0 Å². The third-order valence-electron chi connectivity index (χ3n) is 2.34. The summed E-state index contributed by atoms with van der Waals surface area (Å²) in [5.74, 6) is 0.141. The molecule has 3 heteroatoms. The number of benzene rings is 1. The standard InChI is InChI=1S/C11H12O3/c12-9-3-1-2-8(6-9)7-10-4-5-11(13)14-10/h1-3,6,10,12H,4-5,7H2. The molecule has 74 valence electrons. The van der Waals surface area contributed by atoms with Crippen LogP contribution in [-0.4, -0.2) is 17.2 Å². The van der Waals surface area contributed by atoms with Crippen LogP contribution in [0, 0.1) is 0 Å². The number of phenols is 1. The van der Waals surface area contributed by atoms with Crippen LogP contribution < -0.4 is 0 Å². The van der Waals surface area contributed by atoms with Gasteiger partial charge in [0.15, 0.2) is 0 Å². The van der Waals surface area contributed by atoms with Crippen molar-refractivity contribution >= 4 is 5.97 Å². The summed E-state index contributed by atoms with van der Waals surface area (Å²) in [5.41, 5.74) is 1.00. The molecule has 1 aliphatic rings. The van der Waals surface area contributed by atoms with Gasteiger partial charge in [-0.2, -0.15) is 0 Å². The van der Waals surface area contributed by atoms with Crippen molar-refractivity contribution in [3.8, 4) is 5.75 Å². The van der Waals surface area contributed by atoms with Crippen molar-refractivity contribution in [2.75, 3.05) is 0 Å². The topological polar surface area (TPSA) is 46.5 Å². The fourth-order valence-electron chi connectivity index (χ4n) is 1.67. The zero-order chi connectivity index (χ0) is 9.97. The lowest BCUT2D eigenvalue weighted by atomic mass is 10.1. The Morgan fingerprint density at radius 1 is 1.50 bits per heavy atom. The zero-order valence-electron chi connectivity index (χ0n) is 7.77. The molecule has 1 N–H and O–H groups in total. The number of hydrogen-bond acceptors (Lipinski definition) is 3. The number of phenolic OH excluding ortho intramolecular Hbond substituents is 1. The Balaban J connectivity index is 2.00. The molecule has 1 unspecified atom stereocenters. The van der Waals surface area contributed by atoms with Crippen molar-refractivity contribution in [1.82, 2.24) is 0 Å². The molecule has 0 aromatic heterocycles. The summed E-state index contributed by atoms with van der Waals surface area (Å²) in [4.78, 5) is 10.8. The van der Waals surface area contributed by atoms with Gasteiger partial charge in [0.05, 0.1) is 0 Å². The first-order chi connectivity index (χ1) is 6.74. The molecule has 1 aliphatic heterocycles. The molecule has 0 saturated carbocycles. The van der Waals surface area contributed by atoms with Crippen LogP contribution in [0.25, 0.3) is 0 Å². The Morgan fingerprint density at radius 3 is 3.00 bits per heavy atom. The van der Waals surface area contributed by atoms with Crippen LogP contribution in [0.5, 0.6) is 5.75 Å². The Bertz CT molecular complexity index is 346. The van der Waals surface area contributed by atoms with E-state index < -0.39 is 0 Å². The fraction of sp³-hybridized carbons (Fsp3) is 0.364. The van der Waals surface area contributed by atoms with Crippen molar-refractivity contribution in [2.24, 2.45) is 0 Å². The Labute approximate surface area is 82.3 Å². The monoisotopic (exact) mass is 192 g/mol. The normalized spacial score (nSPS) is 20.9. The Hall–Kier alpha value is -1.51. The molecule has 0 aliphatic carbocycles. The number of carbonyl (C=O) groups excluding carboxylic acids is 1. The van der Waals surface area contributed by atoms with Gasteiger partial charge in [0.25, 0.3) is 0 Å². The van der Waals surface area contributed by atoms with Gasteiger partial charge in [-0.05, 0) is 24.1 Å². The largest absolute Gasteiger partial charge is 0.508 e. The number of rotatable bonds is 2. The molecular weight excluding hydrogens is 180 g/mol. The SMILES string of the molecule is O=C1CCC(Cc2cccc(O)c2)O1. The Morgan fingerprint density at radius 2 is 2.36 bits per heavy atom. The van der Waals surface area contributed by atoms with E-state index in [0.29, 0.717) is 12.8 Å². The minimum absolute atomic E-state index is 0.00991. The number of cyclic esters (lactones) is 1. The highest BCUT2D eigenvalue weighted by atomic mass is 16.5. The van der Waals surface area contributed by atoms with Crippen LogP contribution in [0.2, 0.25) is 0 Å². The van der Waals surface area contributed by atoms with Crippen molar-refractivity contribution in [3.05, 3.63) is 29.8 Å². The lowest BCUT2D eigenvalue weighted by molar-refractivity contribution is -0.141. The second kappa shape index (κ2) is 3.70. The summed E-state index contributed by atoms with van der Waals surface area (Å²) in [7, 11) is 0. The minimum Gasteiger partial charge on any atom is -0.508 e. The maximum absolute atomic E-state index is 10.8. The van der Waals surface area contributed by atoms with Gasteiger partial charge in [-0.25, -0.2) is 0 Å². The molecule has 14 heavy (non-hydrogen) atoms. The molecule has 1 atom stereocenters. The summed E-state index contributed by atoms with van der Waals surface area (Å²) in [6, 6.07) is 7.05. The molecule has 0 spiro atoms. The molecule has 0 radical (unpaired) electrons. The van der Waals surface area contributed by atoms with E-state index in [4.69, 9.17) is 4.74 Å². The highest BCUT2D eigenvalue weighted by Crippen LogP contribution is 2.20. The molecule has 2 rings (SSSR count). The van der Waals surface area contributed by atoms with Crippen molar-refractivity contribution in [1.29, 1.82) is 0 Å². The third-order valence-corrected chi connectivity index (χ3v) is 2.34. The first-order valence-electron chi connectivity index (χ1n) is 4.71. The first-order valence-corrected chi connectivity index (χ1v) is 4.71. The number of hydrogen-bond donors (Lipinski definition) is 1. The number of carbonyl (C=O) groups is 1. The summed E-state index contributed by atoms with van der Waals surface area (Å²) < 4.78 is 5.08. The van der Waals surface area contributed by atoms with Crippen LogP contribution in [0.4, 0.5) is 0 Å². The first kappa shape index (κ1) is 9.06. The predicted octanol–water partition coefficient (Wildman–Crippen LogP) is 1.64. The van der Waals surface area contributed by atoms with Gasteiger partial charge < -0.3 is 9.84 Å². The molecule has 3 nitrogen and oxygen atoms in total. The van der Waals surface area contributed by atoms with Gasteiger partial charge in [0.1, 0.15) is 11.9 Å². The molecule has 1 fully saturated rings. The molecule has 1 heterocycles. The second-order valence-corrected chi connectivity index (χ2v) is 3.52. The van der Waals surface area contributed by atoms with Gasteiger partial charge in [-0.15, -0.1) is 0 Å². The lowest BCUT2D eigenvalue weighted by Crippen LogP contribution is -2.10. The maximum Gasteiger partial charge on any atom is 0.306 e. The quantitative estimate of drug-likeness (QED) is 0.724. The second-order valence-electron chi connectivity index (χ2n) is 3.52. The zero-order valence-corrected chi connectivity index (χ0v) is 7.77. The van der Waals surface area contributed by atoms with Crippen molar-refractivity contribution < 1.29 is 14.6 Å². The molecule has 1 aromatic carbocycles. The molecule has 1 saturated heterocycles. The highest BCUT2D eigenvalue weighted by molar-refractivity contribution is 5.71. The number of aromatic hydroxyl groups is 1. The smallest absolute Gasteiger partial charge is 0.306 e. The minimum atomic E-state index is -0.116. The van der Waals surface area contributed by atoms with Gasteiger partial charge >= 0.3 is 5.97 Å². The number of esters is 1. The predicted molar refractivity (Wildman–Crippen MR) is 50.9 cm³/mol. The highest BCUT2D eigenvalue weighted by Gasteiger charge is 2.23. The molecule has 0 bridgehead atoms. The molecule has 0 amide bonds. The van der Waals surface area contributed by atoms with E-state index in [0.717, 1.165) is 12.0 Å². The van der Waals surface area contributed by atoms with E-state index in [2.05, 4.69) is 0 Å². The van der Waals surface area contributed by atoms with Crippen LogP contribution in [0.1, 0.15) is 18.4 Å². The summed E-state index contributed by atoms with van der Waals surface area (Å²) >= 11 is 0. The van der Waals surface area contributed by atoms with E-state index in [1.807, 2.05) is 6.07 Å². The van der Waals surface area contributed by atoms with Gasteiger partial charge in [0.2, 0.25) is 0 Å². The van der Waals surface area contributed by atoms with E-state index >= 15 is 0 Å². The maximum atomic E-state index is 10.8. The summed E-state index contributed by atoms with van der Waals surface area (Å²) in [6.07, 6.45) is 1.99. The van der Waals surface area contributed by atoms with Crippen LogP contribution >= 0.6 is 0 Å².